The van der Waals surface area contributed by atoms with Crippen molar-refractivity contribution in [3.8, 4) is 5.75 Å². The fourth-order valence-corrected chi connectivity index (χ4v) is 1.95. The molecule has 0 aliphatic heterocycles. The number of rotatable bonds is 7. The minimum atomic E-state index is -0.968. The normalized spacial score (nSPS) is 11.9. The number of likely N-dealkylation sites (N-methyl/N-ethyl adjacent to an activating group) is 1. The highest BCUT2D eigenvalue weighted by Gasteiger charge is 2.18. The summed E-state index contributed by atoms with van der Waals surface area (Å²) < 4.78 is 5.60. The molecule has 0 spiro atoms. The first kappa shape index (κ1) is 15.4. The van der Waals surface area contributed by atoms with Crippen LogP contribution in [-0.4, -0.2) is 35.7 Å². The highest BCUT2D eigenvalue weighted by molar-refractivity contribution is 9.10. The molecule has 0 aromatic heterocycles. The number of ether oxygens (including phenoxy) is 1. The van der Waals surface area contributed by atoms with Gasteiger partial charge in [0.2, 0.25) is 0 Å². The van der Waals surface area contributed by atoms with Crippen molar-refractivity contribution in [2.75, 3.05) is 13.7 Å². The van der Waals surface area contributed by atoms with Crippen LogP contribution in [0.2, 0.25) is 0 Å². The Morgan fingerprint density at radius 2 is 2.32 bits per heavy atom. The Balaban J connectivity index is 2.66. The van der Waals surface area contributed by atoms with E-state index in [4.69, 9.17) is 9.84 Å². The molecule has 2 N–H and O–H groups in total. The van der Waals surface area contributed by atoms with Crippen LogP contribution >= 0.6 is 15.9 Å². The van der Waals surface area contributed by atoms with Gasteiger partial charge in [0.25, 0.3) is 5.69 Å². The van der Waals surface area contributed by atoms with Gasteiger partial charge >= 0.3 is 5.97 Å². The molecule has 104 valence electrons. The van der Waals surface area contributed by atoms with Gasteiger partial charge in [0.15, 0.2) is 0 Å². The van der Waals surface area contributed by atoms with Gasteiger partial charge in [-0.25, -0.2) is 0 Å². The van der Waals surface area contributed by atoms with Gasteiger partial charge < -0.3 is 15.2 Å². The van der Waals surface area contributed by atoms with Crippen molar-refractivity contribution in [2.24, 2.45) is 0 Å². The van der Waals surface area contributed by atoms with Crippen LogP contribution < -0.4 is 10.1 Å². The Labute approximate surface area is 117 Å². The first-order valence-corrected chi connectivity index (χ1v) is 6.22. The molecule has 7 nitrogen and oxygen atoms in total. The van der Waals surface area contributed by atoms with Crippen molar-refractivity contribution in [1.82, 2.24) is 5.32 Å². The molecular formula is C11H13BrN2O5. The predicted molar refractivity (Wildman–Crippen MR) is 71.4 cm³/mol. The van der Waals surface area contributed by atoms with Gasteiger partial charge in [-0.05, 0) is 29.0 Å². The van der Waals surface area contributed by atoms with Gasteiger partial charge in [-0.2, -0.15) is 0 Å². The van der Waals surface area contributed by atoms with Crippen molar-refractivity contribution in [3.05, 3.63) is 32.8 Å². The number of benzene rings is 1. The highest BCUT2D eigenvalue weighted by atomic mass is 79.9. The van der Waals surface area contributed by atoms with Crippen LogP contribution in [0.5, 0.6) is 5.75 Å². The second-order valence-electron chi connectivity index (χ2n) is 3.66. The quantitative estimate of drug-likeness (QED) is 0.583. The Morgan fingerprint density at radius 1 is 1.63 bits per heavy atom. The van der Waals surface area contributed by atoms with Gasteiger partial charge in [-0.1, -0.05) is 6.07 Å². The van der Waals surface area contributed by atoms with Gasteiger partial charge in [0.1, 0.15) is 16.3 Å². The molecule has 1 aromatic rings. The van der Waals surface area contributed by atoms with Crippen molar-refractivity contribution in [1.29, 1.82) is 0 Å². The molecule has 0 saturated heterocycles. The minimum absolute atomic E-state index is 0.0964. The highest BCUT2D eigenvalue weighted by Crippen LogP contribution is 2.33. The summed E-state index contributed by atoms with van der Waals surface area (Å²) >= 11 is 3.10. The molecule has 1 unspecified atom stereocenters. The van der Waals surface area contributed by atoms with Gasteiger partial charge in [0, 0.05) is 12.5 Å². The third kappa shape index (κ3) is 4.18. The number of carbonyl (C=O) groups is 1. The van der Waals surface area contributed by atoms with E-state index in [1.807, 2.05) is 0 Å². The van der Waals surface area contributed by atoms with E-state index in [0.717, 1.165) is 0 Å². The van der Waals surface area contributed by atoms with Crippen LogP contribution in [0.1, 0.15) is 6.42 Å². The summed E-state index contributed by atoms with van der Waals surface area (Å²) in [7, 11) is 1.54. The van der Waals surface area contributed by atoms with Crippen LogP contribution in [-0.2, 0) is 4.79 Å². The molecular weight excluding hydrogens is 320 g/mol. The molecule has 0 saturated carbocycles. The lowest BCUT2D eigenvalue weighted by atomic mass is 10.2. The Hall–Kier alpha value is -1.67. The van der Waals surface area contributed by atoms with E-state index in [9.17, 15) is 14.9 Å². The van der Waals surface area contributed by atoms with Crippen molar-refractivity contribution < 1.29 is 19.6 Å². The zero-order valence-corrected chi connectivity index (χ0v) is 11.7. The van der Waals surface area contributed by atoms with Crippen LogP contribution in [0.3, 0.4) is 0 Å². The third-order valence-corrected chi connectivity index (χ3v) is 3.25. The maximum atomic E-state index is 10.8. The Kier molecular flexibility index (Phi) is 5.71. The lowest BCUT2D eigenvalue weighted by Gasteiger charge is -2.12. The van der Waals surface area contributed by atoms with E-state index in [2.05, 4.69) is 21.2 Å². The first-order valence-electron chi connectivity index (χ1n) is 5.43. The number of nitro benzene ring substituents is 1. The molecule has 1 rings (SSSR count). The van der Waals surface area contributed by atoms with Crippen molar-refractivity contribution in [3.63, 3.8) is 0 Å². The van der Waals surface area contributed by atoms with E-state index < -0.39 is 16.9 Å². The molecule has 8 heteroatoms. The molecule has 0 fully saturated rings. The number of nitrogens with one attached hydrogen (secondary N) is 1. The third-order valence-electron chi connectivity index (χ3n) is 2.45. The fourth-order valence-electron chi connectivity index (χ4n) is 1.43. The smallest absolute Gasteiger partial charge is 0.320 e. The summed E-state index contributed by atoms with van der Waals surface area (Å²) in [6, 6.07) is 3.72. The standard InChI is InChI=1S/C11H13BrN2O5/c1-13-7(11(15)16)5-6-19-9-4-2-3-8(10(9)12)14(17)18/h2-4,7,13H,5-6H2,1H3,(H,15,16). The van der Waals surface area contributed by atoms with E-state index in [0.29, 0.717) is 5.75 Å². The maximum absolute atomic E-state index is 10.8. The molecule has 1 aromatic carbocycles. The average molecular weight is 333 g/mol. The summed E-state index contributed by atoms with van der Waals surface area (Å²) in [6.45, 7) is 0.136. The number of nitro groups is 1. The second kappa shape index (κ2) is 7.05. The SMILES string of the molecule is CNC(CCOc1cccc([N+](=O)[O-])c1Br)C(=O)O. The van der Waals surface area contributed by atoms with Crippen LogP contribution in [0.15, 0.2) is 22.7 Å². The molecule has 0 amide bonds. The first-order chi connectivity index (χ1) is 8.97. The number of aliphatic carboxylic acids is 1. The summed E-state index contributed by atoms with van der Waals surface area (Å²) in [5, 5.41) is 22.2. The number of hydrogen-bond acceptors (Lipinski definition) is 5. The van der Waals surface area contributed by atoms with E-state index >= 15 is 0 Å². The molecule has 0 radical (unpaired) electrons. The minimum Gasteiger partial charge on any atom is -0.492 e. The van der Waals surface area contributed by atoms with Gasteiger partial charge in [-0.3, -0.25) is 14.9 Å². The van der Waals surface area contributed by atoms with E-state index in [1.165, 1.54) is 12.1 Å². The van der Waals surface area contributed by atoms with Crippen LogP contribution in [0.4, 0.5) is 5.69 Å². The zero-order valence-electron chi connectivity index (χ0n) is 10.1. The summed E-state index contributed by atoms with van der Waals surface area (Å²) in [5.74, 6) is -0.654. The Bertz CT molecular complexity index is 480. The zero-order chi connectivity index (χ0) is 14.4. The number of halogens is 1. The van der Waals surface area contributed by atoms with Gasteiger partial charge in [-0.15, -0.1) is 0 Å². The van der Waals surface area contributed by atoms with Gasteiger partial charge in [0.05, 0.1) is 11.5 Å². The van der Waals surface area contributed by atoms with Crippen LogP contribution in [0.25, 0.3) is 0 Å². The molecule has 0 aliphatic rings. The second-order valence-corrected chi connectivity index (χ2v) is 4.46. The number of carboxylic acids is 1. The predicted octanol–water partition coefficient (Wildman–Crippen LogP) is 1.80. The average Bonchev–Trinajstić information content (AvgIpc) is 2.35. The molecule has 0 bridgehead atoms. The van der Waals surface area contributed by atoms with E-state index in [1.54, 1.807) is 13.1 Å². The Morgan fingerprint density at radius 3 is 2.84 bits per heavy atom. The van der Waals surface area contributed by atoms with Crippen LogP contribution in [0, 0.1) is 10.1 Å². The monoisotopic (exact) mass is 332 g/mol. The molecule has 0 heterocycles. The molecule has 0 aliphatic carbocycles. The van der Waals surface area contributed by atoms with Crippen molar-refractivity contribution in [2.45, 2.75) is 12.5 Å². The topological polar surface area (TPSA) is 102 Å². The molecule has 1 atom stereocenters. The number of nitrogens with zero attached hydrogens (tertiary/aromatic N) is 1. The largest absolute Gasteiger partial charge is 0.492 e. The fraction of sp³-hybridized carbons (Fsp3) is 0.364. The summed E-state index contributed by atoms with van der Waals surface area (Å²) in [4.78, 5) is 21.0. The number of hydrogen-bond donors (Lipinski definition) is 2. The number of carboxylic acid groups (broad SMARTS) is 1. The van der Waals surface area contributed by atoms with E-state index in [-0.39, 0.29) is 23.2 Å². The van der Waals surface area contributed by atoms with Crippen molar-refractivity contribution >= 4 is 27.6 Å². The molecule has 19 heavy (non-hydrogen) atoms. The summed E-state index contributed by atoms with van der Waals surface area (Å²) in [5.41, 5.74) is -0.0964. The lowest BCUT2D eigenvalue weighted by molar-refractivity contribution is -0.385. The lowest BCUT2D eigenvalue weighted by Crippen LogP contribution is -2.35. The maximum Gasteiger partial charge on any atom is 0.320 e. The summed E-state index contributed by atoms with van der Waals surface area (Å²) in [6.07, 6.45) is 0.251.